The molecule has 4 heteroatoms. The van der Waals surface area contributed by atoms with E-state index in [1.165, 1.54) is 32.9 Å². The normalized spacial score (nSPS) is 11.6. The van der Waals surface area contributed by atoms with Gasteiger partial charge in [0.05, 0.1) is 22.4 Å². The molecule has 0 bridgehead atoms. The Bertz CT molecular complexity index is 3910. The monoisotopic (exact) mass is 841 g/mol. The standard InChI is InChI=1S/C62H39N3O/c1-3-15-40(16-4-1)45-19-13-20-46(37-45)56-39-55(63-62(64-56)44-17-5-2-6-18-44)43-31-29-41(30-32-43)48-25-14-28-59-60(48)54-38-53(49-21-7-8-24-52(49)61(54)66-59)42-33-35-47(36-34-42)65-57-26-11-9-22-50(57)51-23-10-12-27-58(51)65/h1-39H. The minimum absolute atomic E-state index is 0.691. The zero-order valence-corrected chi connectivity index (χ0v) is 35.8. The molecule has 0 unspecified atom stereocenters. The third-order valence-corrected chi connectivity index (χ3v) is 13.0. The molecule has 66 heavy (non-hydrogen) atoms. The molecular formula is C62H39N3O. The fourth-order valence-electron chi connectivity index (χ4n) is 9.89. The van der Waals surface area contributed by atoms with Crippen LogP contribution in [0.1, 0.15) is 0 Å². The first-order valence-corrected chi connectivity index (χ1v) is 22.4. The van der Waals surface area contributed by atoms with Gasteiger partial charge < -0.3 is 8.98 Å². The van der Waals surface area contributed by atoms with Gasteiger partial charge in [-0.05, 0) is 87.3 Å². The van der Waals surface area contributed by atoms with E-state index in [-0.39, 0.29) is 0 Å². The maximum atomic E-state index is 6.79. The predicted octanol–water partition coefficient (Wildman–Crippen LogP) is 16.6. The van der Waals surface area contributed by atoms with Gasteiger partial charge in [0.25, 0.3) is 0 Å². The Hall–Kier alpha value is -8.86. The van der Waals surface area contributed by atoms with Crippen molar-refractivity contribution in [2.24, 2.45) is 0 Å². The van der Waals surface area contributed by atoms with Crippen molar-refractivity contribution in [3.05, 3.63) is 237 Å². The lowest BCUT2D eigenvalue weighted by Crippen LogP contribution is -1.96. The van der Waals surface area contributed by atoms with Gasteiger partial charge in [0.1, 0.15) is 11.2 Å². The Morgan fingerprint density at radius 1 is 0.318 bits per heavy atom. The molecule has 0 N–H and O–H groups in total. The molecule has 0 aliphatic rings. The van der Waals surface area contributed by atoms with Crippen LogP contribution in [0.25, 0.3) is 127 Å². The summed E-state index contributed by atoms with van der Waals surface area (Å²) in [6.45, 7) is 0. The van der Waals surface area contributed by atoms with Crippen LogP contribution in [0.2, 0.25) is 0 Å². The molecule has 0 spiro atoms. The Labute approximate surface area is 381 Å². The highest BCUT2D eigenvalue weighted by Crippen LogP contribution is 2.44. The Balaban J connectivity index is 0.909. The van der Waals surface area contributed by atoms with E-state index in [0.29, 0.717) is 5.82 Å². The molecule has 10 aromatic carbocycles. The molecule has 4 nitrogen and oxygen atoms in total. The van der Waals surface area contributed by atoms with Crippen molar-refractivity contribution in [3.8, 4) is 73.0 Å². The Morgan fingerprint density at radius 2 is 0.848 bits per heavy atom. The van der Waals surface area contributed by atoms with Gasteiger partial charge >= 0.3 is 0 Å². The van der Waals surface area contributed by atoms with E-state index in [1.807, 2.05) is 24.3 Å². The summed E-state index contributed by atoms with van der Waals surface area (Å²) in [5.41, 5.74) is 16.9. The summed E-state index contributed by atoms with van der Waals surface area (Å²) in [4.78, 5) is 10.3. The number of hydrogen-bond acceptors (Lipinski definition) is 3. The van der Waals surface area contributed by atoms with Gasteiger partial charge in [0.2, 0.25) is 0 Å². The smallest absolute Gasteiger partial charge is 0.160 e. The summed E-state index contributed by atoms with van der Waals surface area (Å²) in [7, 11) is 0. The summed E-state index contributed by atoms with van der Waals surface area (Å²) >= 11 is 0. The number of aromatic nitrogens is 3. The summed E-state index contributed by atoms with van der Waals surface area (Å²) < 4.78 is 9.16. The minimum Gasteiger partial charge on any atom is -0.455 e. The molecule has 0 aliphatic carbocycles. The van der Waals surface area contributed by atoms with Crippen molar-refractivity contribution in [1.82, 2.24) is 14.5 Å². The maximum absolute atomic E-state index is 6.79. The number of para-hydroxylation sites is 2. The van der Waals surface area contributed by atoms with Crippen LogP contribution in [0.3, 0.4) is 0 Å². The molecule has 0 fully saturated rings. The Kier molecular flexibility index (Phi) is 8.81. The van der Waals surface area contributed by atoms with E-state index in [0.717, 1.165) is 88.7 Å². The third kappa shape index (κ3) is 6.30. The maximum Gasteiger partial charge on any atom is 0.160 e. The summed E-state index contributed by atoms with van der Waals surface area (Å²) in [6, 6.07) is 83.8. The lowest BCUT2D eigenvalue weighted by molar-refractivity contribution is 0.673. The zero-order valence-electron chi connectivity index (χ0n) is 35.8. The fourth-order valence-corrected chi connectivity index (χ4v) is 9.89. The fraction of sp³-hybridized carbons (Fsp3) is 0. The van der Waals surface area contributed by atoms with Gasteiger partial charge in [-0.15, -0.1) is 0 Å². The van der Waals surface area contributed by atoms with Crippen LogP contribution in [-0.2, 0) is 0 Å². The highest BCUT2D eigenvalue weighted by molar-refractivity contribution is 6.22. The van der Waals surface area contributed by atoms with Crippen molar-refractivity contribution in [3.63, 3.8) is 0 Å². The molecule has 308 valence electrons. The highest BCUT2D eigenvalue weighted by atomic mass is 16.3. The summed E-state index contributed by atoms with van der Waals surface area (Å²) in [5.74, 6) is 0.691. The third-order valence-electron chi connectivity index (χ3n) is 13.0. The van der Waals surface area contributed by atoms with Crippen molar-refractivity contribution >= 4 is 54.5 Å². The van der Waals surface area contributed by atoms with E-state index < -0.39 is 0 Å². The molecular weight excluding hydrogens is 803 g/mol. The number of hydrogen-bond donors (Lipinski definition) is 0. The molecule has 3 aromatic heterocycles. The number of nitrogens with zero attached hydrogens (tertiary/aromatic N) is 3. The minimum atomic E-state index is 0.691. The average Bonchev–Trinajstić information content (AvgIpc) is 3.95. The van der Waals surface area contributed by atoms with Crippen LogP contribution >= 0.6 is 0 Å². The van der Waals surface area contributed by atoms with Gasteiger partial charge in [0, 0.05) is 49.3 Å². The van der Waals surface area contributed by atoms with E-state index in [2.05, 4.69) is 217 Å². The molecule has 13 aromatic rings. The van der Waals surface area contributed by atoms with E-state index in [9.17, 15) is 0 Å². The first kappa shape index (κ1) is 37.7. The first-order chi connectivity index (χ1) is 32.7. The van der Waals surface area contributed by atoms with Gasteiger partial charge in [0.15, 0.2) is 5.82 Å². The Morgan fingerprint density at radius 3 is 1.56 bits per heavy atom. The topological polar surface area (TPSA) is 43.9 Å². The van der Waals surface area contributed by atoms with Crippen molar-refractivity contribution < 1.29 is 4.42 Å². The van der Waals surface area contributed by atoms with E-state index >= 15 is 0 Å². The second kappa shape index (κ2) is 15.4. The van der Waals surface area contributed by atoms with Gasteiger partial charge in [-0.3, -0.25) is 0 Å². The van der Waals surface area contributed by atoms with Gasteiger partial charge in [-0.2, -0.15) is 0 Å². The molecule has 0 radical (unpaired) electrons. The number of benzene rings is 10. The van der Waals surface area contributed by atoms with Crippen LogP contribution < -0.4 is 0 Å². The average molecular weight is 842 g/mol. The van der Waals surface area contributed by atoms with Crippen LogP contribution in [0.5, 0.6) is 0 Å². The molecule has 0 saturated carbocycles. The van der Waals surface area contributed by atoms with Crippen molar-refractivity contribution in [2.75, 3.05) is 0 Å². The van der Waals surface area contributed by atoms with Crippen LogP contribution in [-0.4, -0.2) is 14.5 Å². The molecule has 0 saturated heterocycles. The molecule has 0 amide bonds. The van der Waals surface area contributed by atoms with Gasteiger partial charge in [-0.1, -0.05) is 188 Å². The number of furan rings is 1. The van der Waals surface area contributed by atoms with Crippen molar-refractivity contribution in [1.29, 1.82) is 0 Å². The summed E-state index contributed by atoms with van der Waals surface area (Å²) in [6.07, 6.45) is 0. The first-order valence-electron chi connectivity index (χ1n) is 22.4. The van der Waals surface area contributed by atoms with Gasteiger partial charge in [-0.25, -0.2) is 9.97 Å². The SMILES string of the molecule is c1ccc(-c2cccc(-c3cc(-c4ccc(-c5cccc6oc7c8ccccc8c(-c8ccc(-n9c%10ccccc%10c%10ccccc%109)cc8)cc7c56)cc4)nc(-c4ccccc4)n3)c2)cc1. The summed E-state index contributed by atoms with van der Waals surface area (Å²) in [5, 5.41) is 6.96. The van der Waals surface area contributed by atoms with Crippen LogP contribution in [0.15, 0.2) is 241 Å². The number of fused-ring (bicyclic) bond motifs is 8. The zero-order chi connectivity index (χ0) is 43.6. The lowest BCUT2D eigenvalue weighted by Gasteiger charge is -2.12. The van der Waals surface area contributed by atoms with E-state index in [4.69, 9.17) is 14.4 Å². The second-order valence-corrected chi connectivity index (χ2v) is 16.9. The number of rotatable bonds is 7. The predicted molar refractivity (Wildman–Crippen MR) is 274 cm³/mol. The van der Waals surface area contributed by atoms with E-state index in [1.54, 1.807) is 0 Å². The van der Waals surface area contributed by atoms with Crippen LogP contribution in [0.4, 0.5) is 0 Å². The molecule has 0 atom stereocenters. The molecule has 0 aliphatic heterocycles. The lowest BCUT2D eigenvalue weighted by atomic mass is 9.93. The molecule has 3 heterocycles. The molecule has 13 rings (SSSR count). The second-order valence-electron chi connectivity index (χ2n) is 16.9. The largest absolute Gasteiger partial charge is 0.455 e. The quantitative estimate of drug-likeness (QED) is 0.161. The van der Waals surface area contributed by atoms with Crippen LogP contribution in [0, 0.1) is 0 Å². The van der Waals surface area contributed by atoms with Crippen molar-refractivity contribution in [2.45, 2.75) is 0 Å². The highest BCUT2D eigenvalue weighted by Gasteiger charge is 2.19.